The average Bonchev–Trinajstić information content (AvgIpc) is 2.45. The number of methoxy groups -OCH3 is 2. The maximum atomic E-state index is 5.24. The summed E-state index contributed by atoms with van der Waals surface area (Å²) in [5.41, 5.74) is 8.10. The normalized spacial score (nSPS) is 9.67. The number of nitrogens with one attached hydrogen (secondary N) is 2. The molecule has 94 valence electrons. The molecule has 2 aromatic carbocycles. The van der Waals surface area contributed by atoms with Crippen LogP contribution in [-0.2, 0) is 0 Å². The third-order valence-corrected chi connectivity index (χ3v) is 2.51. The maximum Gasteiger partial charge on any atom is 0.162 e. The van der Waals surface area contributed by atoms with E-state index in [1.54, 1.807) is 14.2 Å². The molecule has 0 atom stereocenters. The molecule has 0 saturated carbocycles. The predicted molar refractivity (Wildman–Crippen MR) is 73.2 cm³/mol. The highest BCUT2D eigenvalue weighted by Gasteiger charge is 2.03. The molecule has 0 bridgehead atoms. The molecule has 0 heterocycles. The highest BCUT2D eigenvalue weighted by molar-refractivity contribution is 5.58. The van der Waals surface area contributed by atoms with Crippen LogP contribution in [0.3, 0.4) is 0 Å². The van der Waals surface area contributed by atoms with Crippen molar-refractivity contribution >= 4 is 11.4 Å². The second-order valence-corrected chi connectivity index (χ2v) is 3.69. The van der Waals surface area contributed by atoms with E-state index in [-0.39, 0.29) is 0 Å². The summed E-state index contributed by atoms with van der Waals surface area (Å²) in [5, 5.41) is 0. The summed E-state index contributed by atoms with van der Waals surface area (Å²) in [5.74, 6) is 1.40. The van der Waals surface area contributed by atoms with Gasteiger partial charge in [-0.2, -0.15) is 0 Å². The summed E-state index contributed by atoms with van der Waals surface area (Å²) in [6, 6.07) is 15.5. The summed E-state index contributed by atoms with van der Waals surface area (Å²) in [7, 11) is 3.24. The predicted octanol–water partition coefficient (Wildman–Crippen LogP) is 3.14. The van der Waals surface area contributed by atoms with Gasteiger partial charge in [-0.25, -0.2) is 0 Å². The van der Waals surface area contributed by atoms with Crippen molar-refractivity contribution in [2.75, 3.05) is 25.1 Å². The molecule has 2 aromatic rings. The Morgan fingerprint density at radius 3 is 2.06 bits per heavy atom. The fraction of sp³-hybridized carbons (Fsp3) is 0.143. The van der Waals surface area contributed by atoms with Crippen molar-refractivity contribution in [1.29, 1.82) is 0 Å². The van der Waals surface area contributed by atoms with Crippen LogP contribution in [0.2, 0.25) is 0 Å². The number of benzene rings is 2. The number of hydrogen-bond donors (Lipinski definition) is 2. The topological polar surface area (TPSA) is 42.5 Å². The maximum absolute atomic E-state index is 5.24. The average molecular weight is 244 g/mol. The molecular weight excluding hydrogens is 228 g/mol. The van der Waals surface area contributed by atoms with E-state index in [1.165, 1.54) is 0 Å². The standard InChI is InChI=1S/C14H16N2O2/c1-17-13-9-8-12(10-14(13)18-2)16-15-11-6-4-3-5-7-11/h3-10,15-16H,1-2H3. The summed E-state index contributed by atoms with van der Waals surface area (Å²) in [6.45, 7) is 0. The third-order valence-electron chi connectivity index (χ3n) is 2.51. The zero-order valence-corrected chi connectivity index (χ0v) is 10.4. The van der Waals surface area contributed by atoms with Crippen molar-refractivity contribution in [3.63, 3.8) is 0 Å². The fourth-order valence-electron chi connectivity index (χ4n) is 1.58. The van der Waals surface area contributed by atoms with E-state index < -0.39 is 0 Å². The van der Waals surface area contributed by atoms with Crippen molar-refractivity contribution < 1.29 is 9.47 Å². The monoisotopic (exact) mass is 244 g/mol. The second-order valence-electron chi connectivity index (χ2n) is 3.69. The van der Waals surface area contributed by atoms with Gasteiger partial charge in [-0.1, -0.05) is 18.2 Å². The number of anilines is 2. The van der Waals surface area contributed by atoms with Gasteiger partial charge < -0.3 is 20.3 Å². The molecule has 0 spiro atoms. The molecule has 4 heteroatoms. The first kappa shape index (κ1) is 12.1. The number of hydrogen-bond acceptors (Lipinski definition) is 4. The Morgan fingerprint density at radius 2 is 1.39 bits per heavy atom. The lowest BCUT2D eigenvalue weighted by molar-refractivity contribution is 0.355. The molecule has 0 saturated heterocycles. The molecule has 0 aromatic heterocycles. The smallest absolute Gasteiger partial charge is 0.162 e. The van der Waals surface area contributed by atoms with Crippen LogP contribution in [0.5, 0.6) is 11.5 Å². The number of ether oxygens (including phenoxy) is 2. The first-order chi connectivity index (χ1) is 8.83. The summed E-state index contributed by atoms with van der Waals surface area (Å²) in [4.78, 5) is 0. The Labute approximate surface area is 107 Å². The van der Waals surface area contributed by atoms with Crippen LogP contribution in [0.25, 0.3) is 0 Å². The van der Waals surface area contributed by atoms with Crippen molar-refractivity contribution in [1.82, 2.24) is 0 Å². The Morgan fingerprint density at radius 1 is 0.722 bits per heavy atom. The van der Waals surface area contributed by atoms with Gasteiger partial charge in [0.15, 0.2) is 11.5 Å². The van der Waals surface area contributed by atoms with Crippen LogP contribution in [0.15, 0.2) is 48.5 Å². The minimum Gasteiger partial charge on any atom is -0.493 e. The van der Waals surface area contributed by atoms with Gasteiger partial charge in [-0.05, 0) is 24.3 Å². The lowest BCUT2D eigenvalue weighted by atomic mass is 10.3. The molecule has 4 nitrogen and oxygen atoms in total. The number of para-hydroxylation sites is 1. The number of hydrazine groups is 1. The van der Waals surface area contributed by atoms with E-state index in [4.69, 9.17) is 9.47 Å². The lowest BCUT2D eigenvalue weighted by Crippen LogP contribution is -2.08. The molecule has 0 unspecified atom stereocenters. The molecule has 0 amide bonds. The van der Waals surface area contributed by atoms with Gasteiger partial charge >= 0.3 is 0 Å². The van der Waals surface area contributed by atoms with Gasteiger partial charge in [0.25, 0.3) is 0 Å². The van der Waals surface area contributed by atoms with Crippen molar-refractivity contribution in [2.24, 2.45) is 0 Å². The summed E-state index contributed by atoms with van der Waals surface area (Å²) < 4.78 is 10.4. The van der Waals surface area contributed by atoms with E-state index >= 15 is 0 Å². The Hall–Kier alpha value is -2.36. The molecule has 0 radical (unpaired) electrons. The van der Waals surface area contributed by atoms with E-state index in [0.717, 1.165) is 11.4 Å². The summed E-state index contributed by atoms with van der Waals surface area (Å²) in [6.07, 6.45) is 0. The quantitative estimate of drug-likeness (QED) is 0.793. The third kappa shape index (κ3) is 2.85. The molecule has 0 aliphatic rings. The fourth-order valence-corrected chi connectivity index (χ4v) is 1.58. The van der Waals surface area contributed by atoms with E-state index in [0.29, 0.717) is 11.5 Å². The molecule has 2 rings (SSSR count). The molecule has 2 N–H and O–H groups in total. The lowest BCUT2D eigenvalue weighted by Gasteiger charge is -2.12. The van der Waals surface area contributed by atoms with Crippen LogP contribution in [-0.4, -0.2) is 14.2 Å². The minimum absolute atomic E-state index is 0.692. The second kappa shape index (κ2) is 5.82. The molecule has 0 fully saturated rings. The van der Waals surface area contributed by atoms with Gasteiger partial charge in [0.2, 0.25) is 0 Å². The van der Waals surface area contributed by atoms with Gasteiger partial charge in [0.05, 0.1) is 25.6 Å². The van der Waals surface area contributed by atoms with Crippen LogP contribution in [0.4, 0.5) is 11.4 Å². The Balaban J connectivity index is 2.06. The Bertz CT molecular complexity index is 500. The van der Waals surface area contributed by atoms with Crippen LogP contribution in [0, 0.1) is 0 Å². The van der Waals surface area contributed by atoms with Crippen LogP contribution < -0.4 is 20.3 Å². The molecule has 0 aliphatic heterocycles. The van der Waals surface area contributed by atoms with Crippen molar-refractivity contribution in [2.45, 2.75) is 0 Å². The highest BCUT2D eigenvalue weighted by atomic mass is 16.5. The van der Waals surface area contributed by atoms with Gasteiger partial charge in [0, 0.05) is 6.07 Å². The van der Waals surface area contributed by atoms with E-state index in [2.05, 4.69) is 10.9 Å². The molecular formula is C14H16N2O2. The van der Waals surface area contributed by atoms with Crippen LogP contribution in [0.1, 0.15) is 0 Å². The van der Waals surface area contributed by atoms with Gasteiger partial charge in [0.1, 0.15) is 0 Å². The molecule has 18 heavy (non-hydrogen) atoms. The van der Waals surface area contributed by atoms with Crippen molar-refractivity contribution in [3.8, 4) is 11.5 Å². The zero-order chi connectivity index (χ0) is 12.8. The van der Waals surface area contributed by atoms with E-state index in [9.17, 15) is 0 Å². The summed E-state index contributed by atoms with van der Waals surface area (Å²) >= 11 is 0. The van der Waals surface area contributed by atoms with E-state index in [1.807, 2.05) is 48.5 Å². The van der Waals surface area contributed by atoms with Gasteiger partial charge in [-0.3, -0.25) is 0 Å². The first-order valence-corrected chi connectivity index (χ1v) is 5.62. The minimum atomic E-state index is 0.692. The van der Waals surface area contributed by atoms with Gasteiger partial charge in [-0.15, -0.1) is 0 Å². The SMILES string of the molecule is COc1ccc(NNc2ccccc2)cc1OC. The van der Waals surface area contributed by atoms with Crippen molar-refractivity contribution in [3.05, 3.63) is 48.5 Å². The number of rotatable bonds is 5. The van der Waals surface area contributed by atoms with Crippen LogP contribution >= 0.6 is 0 Å². The molecule has 0 aliphatic carbocycles. The highest BCUT2D eigenvalue weighted by Crippen LogP contribution is 2.29. The zero-order valence-electron chi connectivity index (χ0n) is 10.4. The largest absolute Gasteiger partial charge is 0.493 e. The first-order valence-electron chi connectivity index (χ1n) is 5.62. The Kier molecular flexibility index (Phi) is 3.91.